The van der Waals surface area contributed by atoms with E-state index in [0.29, 0.717) is 24.8 Å². The number of aromatic amines is 1. The van der Waals surface area contributed by atoms with E-state index in [1.54, 1.807) is 6.20 Å². The molecule has 0 saturated carbocycles. The van der Waals surface area contributed by atoms with Crippen molar-refractivity contribution >= 4 is 28.5 Å². The van der Waals surface area contributed by atoms with Crippen molar-refractivity contribution in [2.75, 3.05) is 26.2 Å². The zero-order valence-electron chi connectivity index (χ0n) is 20.2. The van der Waals surface area contributed by atoms with E-state index in [0.717, 1.165) is 17.0 Å². The van der Waals surface area contributed by atoms with Gasteiger partial charge >= 0.3 is 0 Å². The molecule has 11 heteroatoms. The molecule has 6 rings (SSSR count). The Hall–Kier alpha value is -4.25. The molecule has 2 aromatic carbocycles. The molecule has 2 amide bonds. The van der Waals surface area contributed by atoms with Gasteiger partial charge in [-0.2, -0.15) is 0 Å². The van der Waals surface area contributed by atoms with Gasteiger partial charge in [0.15, 0.2) is 5.76 Å². The number of piperazine rings is 1. The van der Waals surface area contributed by atoms with E-state index in [-0.39, 0.29) is 37.3 Å². The van der Waals surface area contributed by atoms with Crippen molar-refractivity contribution in [1.29, 1.82) is 0 Å². The van der Waals surface area contributed by atoms with Gasteiger partial charge in [0.2, 0.25) is 11.7 Å². The summed E-state index contributed by atoms with van der Waals surface area (Å²) in [7, 11) is 0. The number of allylic oxidation sites excluding steroid dienone is 1. The van der Waals surface area contributed by atoms with Gasteiger partial charge < -0.3 is 29.9 Å². The smallest absolute Gasteiger partial charge is 0.276 e. The Labute approximate surface area is 215 Å². The molecule has 0 spiro atoms. The fourth-order valence-electron chi connectivity index (χ4n) is 5.59. The topological polar surface area (TPSA) is 115 Å². The molecule has 3 aliphatic rings. The second kappa shape index (κ2) is 8.95. The van der Waals surface area contributed by atoms with Gasteiger partial charge in [0.1, 0.15) is 29.0 Å². The number of hydrogen-bond acceptors (Lipinski definition) is 6. The summed E-state index contributed by atoms with van der Waals surface area (Å²) in [4.78, 5) is 46.9. The number of aliphatic hydroxyl groups excluding tert-OH is 1. The fourth-order valence-corrected chi connectivity index (χ4v) is 5.59. The average molecular weight is 523 g/mol. The first-order valence-corrected chi connectivity index (χ1v) is 12.2. The number of benzene rings is 2. The number of rotatable bonds is 5. The van der Waals surface area contributed by atoms with Gasteiger partial charge in [-0.15, -0.1) is 0 Å². The van der Waals surface area contributed by atoms with E-state index in [2.05, 4.69) is 10.3 Å². The molecule has 196 valence electrons. The molecule has 2 fully saturated rings. The summed E-state index contributed by atoms with van der Waals surface area (Å²) in [6.45, 7) is 0.350. The minimum Gasteiger partial charge on any atom is -0.503 e. The number of ether oxygens (including phenoxy) is 1. The molecule has 3 aliphatic heterocycles. The highest BCUT2D eigenvalue weighted by Gasteiger charge is 2.56. The molecule has 3 N–H and O–H groups in total. The van der Waals surface area contributed by atoms with E-state index in [9.17, 15) is 28.3 Å². The van der Waals surface area contributed by atoms with Crippen LogP contribution in [0, 0.1) is 17.0 Å². The predicted molar refractivity (Wildman–Crippen MR) is 130 cm³/mol. The van der Waals surface area contributed by atoms with Crippen LogP contribution in [0.2, 0.25) is 0 Å². The van der Waals surface area contributed by atoms with E-state index in [1.165, 1.54) is 15.9 Å². The molecule has 2 unspecified atom stereocenters. The predicted octanol–water partition coefficient (Wildman–Crippen LogP) is 2.14. The van der Waals surface area contributed by atoms with Crippen molar-refractivity contribution in [1.82, 2.24) is 20.1 Å². The largest absolute Gasteiger partial charge is 0.503 e. The van der Waals surface area contributed by atoms with E-state index < -0.39 is 46.6 Å². The highest BCUT2D eigenvalue weighted by molar-refractivity contribution is 6.17. The summed E-state index contributed by atoms with van der Waals surface area (Å²) in [6, 6.07) is 10.4. The minimum absolute atomic E-state index is 0.0360. The van der Waals surface area contributed by atoms with Crippen LogP contribution in [-0.4, -0.2) is 70.0 Å². The first-order valence-electron chi connectivity index (χ1n) is 12.2. The summed E-state index contributed by atoms with van der Waals surface area (Å²) in [6.07, 6.45) is 1.05. The van der Waals surface area contributed by atoms with Gasteiger partial charge in [-0.1, -0.05) is 24.3 Å². The van der Waals surface area contributed by atoms with Crippen LogP contribution < -0.4 is 5.32 Å². The van der Waals surface area contributed by atoms with Gasteiger partial charge in [0.05, 0.1) is 13.2 Å². The van der Waals surface area contributed by atoms with Gasteiger partial charge in [0, 0.05) is 48.4 Å². The number of nitrogens with one attached hydrogen (secondary N) is 2. The Balaban J connectivity index is 1.40. The van der Waals surface area contributed by atoms with Crippen molar-refractivity contribution in [3.05, 3.63) is 82.9 Å². The number of aromatic nitrogens is 1. The summed E-state index contributed by atoms with van der Waals surface area (Å²) in [5, 5.41) is 14.5. The van der Waals surface area contributed by atoms with E-state index >= 15 is 0 Å². The number of Topliss-reactive ketones (excluding diaryl/α,β-unsaturated/α-hetero) is 1. The van der Waals surface area contributed by atoms with Crippen molar-refractivity contribution in [2.45, 2.75) is 19.2 Å². The maximum atomic E-state index is 14.3. The summed E-state index contributed by atoms with van der Waals surface area (Å²) < 4.78 is 33.3. The third-order valence-electron chi connectivity index (χ3n) is 7.54. The second-order valence-corrected chi connectivity index (χ2v) is 9.77. The third-order valence-corrected chi connectivity index (χ3v) is 7.54. The van der Waals surface area contributed by atoms with Crippen LogP contribution in [0.25, 0.3) is 10.9 Å². The Bertz CT molecular complexity index is 1520. The van der Waals surface area contributed by atoms with Gasteiger partial charge in [-0.3, -0.25) is 14.4 Å². The minimum atomic E-state index is -1.84. The van der Waals surface area contributed by atoms with Crippen molar-refractivity contribution in [2.24, 2.45) is 5.41 Å². The zero-order chi connectivity index (χ0) is 26.6. The number of hydrogen-bond donors (Lipinski definition) is 3. The lowest BCUT2D eigenvalue weighted by Crippen LogP contribution is -2.63. The molecule has 0 bridgehead atoms. The Morgan fingerprint density at radius 3 is 2.82 bits per heavy atom. The van der Waals surface area contributed by atoms with Crippen LogP contribution in [0.4, 0.5) is 8.78 Å². The third kappa shape index (κ3) is 3.73. The number of carbonyl (C=O) groups excluding carboxylic acids is 3. The quantitative estimate of drug-likeness (QED) is 0.443. The molecular formula is C27H24F2N4O5. The average Bonchev–Trinajstić information content (AvgIpc) is 3.54. The summed E-state index contributed by atoms with van der Waals surface area (Å²) in [5.74, 6) is -4.54. The Morgan fingerprint density at radius 1 is 1.18 bits per heavy atom. The van der Waals surface area contributed by atoms with Crippen LogP contribution in [0.1, 0.15) is 11.1 Å². The van der Waals surface area contributed by atoms with Gasteiger partial charge in [-0.25, -0.2) is 8.78 Å². The molecule has 0 aliphatic carbocycles. The Morgan fingerprint density at radius 2 is 2.00 bits per heavy atom. The van der Waals surface area contributed by atoms with Crippen LogP contribution in [0.15, 0.2) is 60.1 Å². The number of fused-ring (bicyclic) bond motifs is 3. The zero-order valence-corrected chi connectivity index (χ0v) is 20.2. The molecule has 2 saturated heterocycles. The lowest BCUT2D eigenvalue weighted by molar-refractivity contribution is -0.152. The van der Waals surface area contributed by atoms with Gasteiger partial charge in [0.25, 0.3) is 5.91 Å². The van der Waals surface area contributed by atoms with Crippen LogP contribution in [0.5, 0.6) is 0 Å². The van der Waals surface area contributed by atoms with Crippen molar-refractivity contribution in [3.63, 3.8) is 0 Å². The first-order chi connectivity index (χ1) is 18.3. The molecule has 2 atom stereocenters. The number of carbonyl (C=O) groups is 3. The van der Waals surface area contributed by atoms with Gasteiger partial charge in [-0.05, 0) is 24.1 Å². The van der Waals surface area contributed by atoms with Crippen LogP contribution >= 0.6 is 0 Å². The maximum absolute atomic E-state index is 14.3. The van der Waals surface area contributed by atoms with Crippen molar-refractivity contribution < 1.29 is 33.0 Å². The number of aliphatic hydroxyl groups is 1. The van der Waals surface area contributed by atoms with Crippen LogP contribution in [-0.2, 0) is 32.1 Å². The number of amides is 2. The molecule has 9 nitrogen and oxygen atoms in total. The molecule has 3 aromatic rings. The summed E-state index contributed by atoms with van der Waals surface area (Å²) in [5.41, 5.74) is -0.484. The number of para-hydroxylation sites is 1. The highest BCUT2D eigenvalue weighted by Crippen LogP contribution is 2.40. The normalized spacial score (nSPS) is 23.2. The number of halogens is 2. The number of H-pyrrole nitrogens is 1. The highest BCUT2D eigenvalue weighted by atomic mass is 19.1. The Kier molecular flexibility index (Phi) is 5.68. The SMILES string of the molecule is O=C1C2=C(O)C(=O)C(Cc3c[nH]c4ccccc34)(C(=O)NCc3ccc(F)cc3F)CN2CC2OCCN12. The number of nitrogens with zero attached hydrogens (tertiary/aromatic N) is 2. The molecule has 4 heterocycles. The fraction of sp³-hybridized carbons (Fsp3) is 0.296. The molecule has 38 heavy (non-hydrogen) atoms. The van der Waals surface area contributed by atoms with E-state index in [4.69, 9.17) is 4.74 Å². The maximum Gasteiger partial charge on any atom is 0.276 e. The summed E-state index contributed by atoms with van der Waals surface area (Å²) >= 11 is 0. The molecule has 1 aromatic heterocycles. The van der Waals surface area contributed by atoms with E-state index in [1.807, 2.05) is 24.3 Å². The van der Waals surface area contributed by atoms with Crippen molar-refractivity contribution in [3.8, 4) is 0 Å². The standard InChI is InChI=1S/C27H24F2N4O5/c28-17-6-5-15(19(29)9-17)11-31-26(37)27(10-16-12-30-20-4-2-1-3-18(16)20)14-32-13-21-33(7-8-38-21)25(36)22(32)23(34)24(27)35/h1-6,9,12,21,30,34H,7-8,10-11,13-14H2,(H,31,37). The molecule has 0 radical (unpaired) electrons. The monoisotopic (exact) mass is 522 g/mol. The number of ketones is 1. The lowest BCUT2D eigenvalue weighted by atomic mass is 9.72. The second-order valence-electron chi connectivity index (χ2n) is 9.77. The first kappa shape index (κ1) is 24.1. The lowest BCUT2D eigenvalue weighted by Gasteiger charge is -2.46. The molecular weight excluding hydrogens is 498 g/mol. The van der Waals surface area contributed by atoms with Crippen LogP contribution in [0.3, 0.4) is 0 Å².